The molecule has 1 aromatic rings. The molecule has 106 valence electrons. The Bertz CT molecular complexity index is 435. The SMILES string of the molecule is COCC(C)Nc1cccc(OC(C)C)c1[N+](=O)[O-]. The van der Waals surface area contributed by atoms with Crippen molar-refractivity contribution in [1.29, 1.82) is 0 Å². The Morgan fingerprint density at radius 3 is 2.58 bits per heavy atom. The number of nitro benzene ring substituents is 1. The summed E-state index contributed by atoms with van der Waals surface area (Å²) in [5.74, 6) is 0.273. The Kier molecular flexibility index (Phi) is 5.57. The lowest BCUT2D eigenvalue weighted by molar-refractivity contribution is -0.385. The van der Waals surface area contributed by atoms with Crippen LogP contribution in [0.5, 0.6) is 5.75 Å². The smallest absolute Gasteiger partial charge is 0.333 e. The number of benzene rings is 1. The van der Waals surface area contributed by atoms with Gasteiger partial charge in [0.2, 0.25) is 0 Å². The molecule has 1 unspecified atom stereocenters. The van der Waals surface area contributed by atoms with E-state index in [2.05, 4.69) is 5.32 Å². The van der Waals surface area contributed by atoms with Gasteiger partial charge in [-0.2, -0.15) is 0 Å². The molecule has 1 N–H and O–H groups in total. The summed E-state index contributed by atoms with van der Waals surface area (Å²) < 4.78 is 10.5. The third kappa shape index (κ3) is 4.40. The Morgan fingerprint density at radius 2 is 2.05 bits per heavy atom. The molecule has 0 aromatic heterocycles. The Labute approximate surface area is 112 Å². The number of nitro groups is 1. The standard InChI is InChI=1S/C13H20N2O4/c1-9(2)19-12-7-5-6-11(13(12)15(16)17)14-10(3)8-18-4/h5-7,9-10,14H,8H2,1-4H3. The second-order valence-corrected chi connectivity index (χ2v) is 4.58. The van der Waals surface area contributed by atoms with Gasteiger partial charge in [-0.3, -0.25) is 10.1 Å². The van der Waals surface area contributed by atoms with Crippen molar-refractivity contribution in [3.63, 3.8) is 0 Å². The minimum Gasteiger partial charge on any atom is -0.484 e. The van der Waals surface area contributed by atoms with Gasteiger partial charge in [-0.1, -0.05) is 6.07 Å². The second-order valence-electron chi connectivity index (χ2n) is 4.58. The van der Waals surface area contributed by atoms with Gasteiger partial charge in [-0.05, 0) is 32.9 Å². The van der Waals surface area contributed by atoms with E-state index in [-0.39, 0.29) is 23.6 Å². The molecule has 19 heavy (non-hydrogen) atoms. The molecule has 0 aliphatic carbocycles. The zero-order valence-electron chi connectivity index (χ0n) is 11.7. The summed E-state index contributed by atoms with van der Waals surface area (Å²) in [5.41, 5.74) is 0.395. The highest BCUT2D eigenvalue weighted by atomic mass is 16.6. The fraction of sp³-hybridized carbons (Fsp3) is 0.538. The van der Waals surface area contributed by atoms with Crippen LogP contribution in [-0.2, 0) is 4.74 Å². The van der Waals surface area contributed by atoms with Gasteiger partial charge in [0.1, 0.15) is 5.69 Å². The van der Waals surface area contributed by atoms with Crippen LogP contribution in [0.25, 0.3) is 0 Å². The fourth-order valence-corrected chi connectivity index (χ4v) is 1.73. The van der Waals surface area contributed by atoms with Gasteiger partial charge in [-0.15, -0.1) is 0 Å². The summed E-state index contributed by atoms with van der Waals surface area (Å²) in [6.07, 6.45) is -0.120. The van der Waals surface area contributed by atoms with E-state index in [1.54, 1.807) is 25.3 Å². The first-order chi connectivity index (χ1) is 8.95. The van der Waals surface area contributed by atoms with Crippen molar-refractivity contribution in [2.45, 2.75) is 32.9 Å². The summed E-state index contributed by atoms with van der Waals surface area (Å²) in [4.78, 5) is 10.8. The van der Waals surface area contributed by atoms with Crippen LogP contribution in [0.1, 0.15) is 20.8 Å². The number of methoxy groups -OCH3 is 1. The number of nitrogens with zero attached hydrogens (tertiary/aromatic N) is 1. The van der Waals surface area contributed by atoms with E-state index in [1.807, 2.05) is 20.8 Å². The Balaban J connectivity index is 3.06. The molecule has 0 bridgehead atoms. The number of rotatable bonds is 7. The van der Waals surface area contributed by atoms with Crippen LogP contribution >= 0.6 is 0 Å². The predicted octanol–water partition coefficient (Wildman–Crippen LogP) is 2.83. The van der Waals surface area contributed by atoms with E-state index < -0.39 is 4.92 Å². The normalized spacial score (nSPS) is 12.3. The highest BCUT2D eigenvalue weighted by Crippen LogP contribution is 2.35. The van der Waals surface area contributed by atoms with Crippen molar-refractivity contribution in [2.24, 2.45) is 0 Å². The summed E-state index contributed by atoms with van der Waals surface area (Å²) in [6.45, 7) is 6.02. The lowest BCUT2D eigenvalue weighted by atomic mass is 10.2. The highest BCUT2D eigenvalue weighted by Gasteiger charge is 2.22. The average molecular weight is 268 g/mol. The van der Waals surface area contributed by atoms with Gasteiger partial charge >= 0.3 is 5.69 Å². The van der Waals surface area contributed by atoms with Crippen molar-refractivity contribution >= 4 is 11.4 Å². The number of anilines is 1. The molecule has 0 saturated carbocycles. The molecule has 1 atom stereocenters. The first-order valence-electron chi connectivity index (χ1n) is 6.15. The summed E-state index contributed by atoms with van der Waals surface area (Å²) in [5, 5.41) is 14.3. The summed E-state index contributed by atoms with van der Waals surface area (Å²) >= 11 is 0. The van der Waals surface area contributed by atoms with Crippen molar-refractivity contribution in [1.82, 2.24) is 0 Å². The maximum atomic E-state index is 11.2. The third-order valence-electron chi connectivity index (χ3n) is 2.36. The number of nitrogens with one attached hydrogen (secondary N) is 1. The van der Waals surface area contributed by atoms with Crippen LogP contribution in [-0.4, -0.2) is 30.8 Å². The van der Waals surface area contributed by atoms with E-state index in [1.165, 1.54) is 0 Å². The van der Waals surface area contributed by atoms with E-state index >= 15 is 0 Å². The molecule has 1 rings (SSSR count). The molecule has 0 saturated heterocycles. The van der Waals surface area contributed by atoms with Crippen LogP contribution in [0.4, 0.5) is 11.4 Å². The Hall–Kier alpha value is -1.82. The van der Waals surface area contributed by atoms with Crippen LogP contribution in [0, 0.1) is 10.1 Å². The highest BCUT2D eigenvalue weighted by molar-refractivity contribution is 5.68. The van der Waals surface area contributed by atoms with Crippen LogP contribution < -0.4 is 10.1 Å². The summed E-state index contributed by atoms with van der Waals surface area (Å²) in [6, 6.07) is 4.96. The molecular formula is C13H20N2O4. The molecule has 0 radical (unpaired) electrons. The van der Waals surface area contributed by atoms with Gasteiger partial charge in [0.15, 0.2) is 5.75 Å². The molecule has 6 heteroatoms. The molecule has 0 amide bonds. The minimum atomic E-state index is -0.431. The lowest BCUT2D eigenvalue weighted by Crippen LogP contribution is -2.21. The molecule has 0 heterocycles. The quantitative estimate of drug-likeness (QED) is 0.608. The molecule has 6 nitrogen and oxygen atoms in total. The van der Waals surface area contributed by atoms with Gasteiger partial charge < -0.3 is 14.8 Å². The van der Waals surface area contributed by atoms with Crippen LogP contribution in [0.2, 0.25) is 0 Å². The van der Waals surface area contributed by atoms with E-state index in [0.717, 1.165) is 0 Å². The molecule has 0 aliphatic rings. The van der Waals surface area contributed by atoms with Crippen molar-refractivity contribution in [3.8, 4) is 5.75 Å². The Morgan fingerprint density at radius 1 is 1.37 bits per heavy atom. The zero-order chi connectivity index (χ0) is 14.4. The van der Waals surface area contributed by atoms with E-state index in [9.17, 15) is 10.1 Å². The topological polar surface area (TPSA) is 73.6 Å². The van der Waals surface area contributed by atoms with Crippen molar-refractivity contribution in [3.05, 3.63) is 28.3 Å². The molecule has 0 fully saturated rings. The van der Waals surface area contributed by atoms with Crippen LogP contribution in [0.15, 0.2) is 18.2 Å². The minimum absolute atomic E-state index is 0.0296. The van der Waals surface area contributed by atoms with Crippen molar-refractivity contribution in [2.75, 3.05) is 19.0 Å². The van der Waals surface area contributed by atoms with Crippen molar-refractivity contribution < 1.29 is 14.4 Å². The number of ether oxygens (including phenoxy) is 2. The molecule has 0 spiro atoms. The average Bonchev–Trinajstić information content (AvgIpc) is 2.27. The van der Waals surface area contributed by atoms with Crippen LogP contribution in [0.3, 0.4) is 0 Å². The second kappa shape index (κ2) is 6.94. The van der Waals surface area contributed by atoms with E-state index in [0.29, 0.717) is 12.3 Å². The number of hydrogen-bond donors (Lipinski definition) is 1. The largest absolute Gasteiger partial charge is 0.484 e. The van der Waals surface area contributed by atoms with Gasteiger partial charge in [0, 0.05) is 13.2 Å². The van der Waals surface area contributed by atoms with Gasteiger partial charge in [-0.25, -0.2) is 0 Å². The fourth-order valence-electron chi connectivity index (χ4n) is 1.73. The number of hydrogen-bond acceptors (Lipinski definition) is 5. The van der Waals surface area contributed by atoms with Gasteiger partial charge in [0.25, 0.3) is 0 Å². The third-order valence-corrected chi connectivity index (χ3v) is 2.36. The van der Waals surface area contributed by atoms with Gasteiger partial charge in [0.05, 0.1) is 17.6 Å². The first-order valence-corrected chi connectivity index (χ1v) is 6.15. The van der Waals surface area contributed by atoms with E-state index in [4.69, 9.17) is 9.47 Å². The maximum absolute atomic E-state index is 11.2. The molecule has 1 aromatic carbocycles. The first kappa shape index (κ1) is 15.2. The maximum Gasteiger partial charge on any atom is 0.333 e. The summed E-state index contributed by atoms with van der Waals surface area (Å²) in [7, 11) is 1.59. The molecular weight excluding hydrogens is 248 g/mol. The lowest BCUT2D eigenvalue weighted by Gasteiger charge is -2.16. The zero-order valence-corrected chi connectivity index (χ0v) is 11.7. The monoisotopic (exact) mass is 268 g/mol. The molecule has 0 aliphatic heterocycles. The predicted molar refractivity (Wildman–Crippen MR) is 73.8 cm³/mol. The number of para-hydroxylation sites is 1.